The zero-order chi connectivity index (χ0) is 15.4. The number of nitrogens with zero attached hydrogens (tertiary/aromatic N) is 1. The first-order valence-electron chi connectivity index (χ1n) is 7.79. The Kier molecular flexibility index (Phi) is 5.23. The van der Waals surface area contributed by atoms with Gasteiger partial charge in [0.15, 0.2) is 0 Å². The Hall–Kier alpha value is -1.55. The minimum absolute atomic E-state index is 0.0341. The van der Waals surface area contributed by atoms with E-state index in [1.54, 1.807) is 0 Å². The van der Waals surface area contributed by atoms with Crippen molar-refractivity contribution in [3.8, 4) is 0 Å². The van der Waals surface area contributed by atoms with Crippen LogP contribution in [0.2, 0.25) is 0 Å². The third kappa shape index (κ3) is 4.46. The van der Waals surface area contributed by atoms with Gasteiger partial charge in [-0.2, -0.15) is 0 Å². The summed E-state index contributed by atoms with van der Waals surface area (Å²) in [4.78, 5) is 13.6. The summed E-state index contributed by atoms with van der Waals surface area (Å²) in [6, 6.07) is 6.48. The van der Waals surface area contributed by atoms with Crippen molar-refractivity contribution >= 4 is 17.3 Å². The molecular weight excluding hydrogens is 262 g/mol. The number of aryl methyl sites for hydroxylation is 1. The minimum atomic E-state index is -0.0341. The molecule has 2 N–H and O–H groups in total. The molecular formula is C17H27N3O. The van der Waals surface area contributed by atoms with Crippen molar-refractivity contribution < 1.29 is 4.79 Å². The molecule has 1 aromatic carbocycles. The van der Waals surface area contributed by atoms with E-state index in [1.165, 1.54) is 38.4 Å². The predicted octanol–water partition coefficient (Wildman–Crippen LogP) is 3.10. The average Bonchev–Trinajstić information content (AvgIpc) is 2.42. The van der Waals surface area contributed by atoms with E-state index in [-0.39, 0.29) is 5.91 Å². The molecule has 1 fully saturated rings. The van der Waals surface area contributed by atoms with E-state index >= 15 is 0 Å². The summed E-state index contributed by atoms with van der Waals surface area (Å²) >= 11 is 0. The van der Waals surface area contributed by atoms with Crippen LogP contribution >= 0.6 is 0 Å². The summed E-state index contributed by atoms with van der Waals surface area (Å²) < 4.78 is 0. The number of hydrogen-bond donors (Lipinski definition) is 2. The Bertz CT molecular complexity index is 493. The second-order valence-electron chi connectivity index (χ2n) is 6.28. The lowest BCUT2D eigenvalue weighted by Gasteiger charge is -2.33. The highest BCUT2D eigenvalue weighted by Crippen LogP contribution is 2.26. The van der Waals surface area contributed by atoms with E-state index < -0.39 is 0 Å². The highest BCUT2D eigenvalue weighted by atomic mass is 16.1. The van der Waals surface area contributed by atoms with Crippen LogP contribution in [0.15, 0.2) is 18.2 Å². The molecule has 4 heteroatoms. The number of hydrogen-bond acceptors (Lipinski definition) is 3. The Morgan fingerprint density at radius 3 is 2.62 bits per heavy atom. The maximum atomic E-state index is 11.2. The van der Waals surface area contributed by atoms with Gasteiger partial charge in [0.1, 0.15) is 0 Å². The fourth-order valence-electron chi connectivity index (χ4n) is 2.95. The summed E-state index contributed by atoms with van der Waals surface area (Å²) in [5, 5.41) is 6.48. The normalized spacial score (nSPS) is 18.3. The van der Waals surface area contributed by atoms with Crippen molar-refractivity contribution in [2.24, 2.45) is 5.92 Å². The van der Waals surface area contributed by atoms with Crippen LogP contribution in [0.3, 0.4) is 0 Å². The number of nitrogens with one attached hydrogen (secondary N) is 2. The quantitative estimate of drug-likeness (QED) is 0.895. The minimum Gasteiger partial charge on any atom is -0.382 e. The van der Waals surface area contributed by atoms with Crippen molar-refractivity contribution in [2.45, 2.75) is 39.7 Å². The van der Waals surface area contributed by atoms with Crippen molar-refractivity contribution in [1.29, 1.82) is 0 Å². The molecule has 1 aromatic rings. The maximum Gasteiger partial charge on any atom is 0.221 e. The van der Waals surface area contributed by atoms with Crippen molar-refractivity contribution in [3.05, 3.63) is 23.8 Å². The molecule has 1 unspecified atom stereocenters. The van der Waals surface area contributed by atoms with Gasteiger partial charge in [0.05, 0.1) is 0 Å². The molecule has 2 rings (SSSR count). The van der Waals surface area contributed by atoms with Crippen molar-refractivity contribution in [3.63, 3.8) is 0 Å². The molecule has 1 heterocycles. The fraction of sp³-hybridized carbons (Fsp3) is 0.588. The Morgan fingerprint density at radius 2 is 2.00 bits per heavy atom. The van der Waals surface area contributed by atoms with Gasteiger partial charge in [0.25, 0.3) is 0 Å². The molecule has 0 aliphatic carbocycles. The number of likely N-dealkylation sites (tertiary alicyclic amines) is 1. The molecule has 1 aliphatic rings. The van der Waals surface area contributed by atoms with Crippen LogP contribution in [0.5, 0.6) is 0 Å². The number of benzene rings is 1. The van der Waals surface area contributed by atoms with E-state index in [0.29, 0.717) is 12.0 Å². The van der Waals surface area contributed by atoms with Crippen LogP contribution in [-0.4, -0.2) is 37.0 Å². The van der Waals surface area contributed by atoms with Gasteiger partial charge >= 0.3 is 0 Å². The third-order valence-corrected chi connectivity index (χ3v) is 4.41. The summed E-state index contributed by atoms with van der Waals surface area (Å²) in [5.41, 5.74) is 3.18. The average molecular weight is 289 g/mol. The van der Waals surface area contributed by atoms with Gasteiger partial charge in [0.2, 0.25) is 5.91 Å². The van der Waals surface area contributed by atoms with Gasteiger partial charge in [0, 0.05) is 24.3 Å². The second kappa shape index (κ2) is 6.94. The van der Waals surface area contributed by atoms with Gasteiger partial charge in [-0.05, 0) is 70.4 Å². The highest BCUT2D eigenvalue weighted by Gasteiger charge is 2.22. The SMILES string of the molecule is CC(=O)Nc1ccc(C)c(NC(C)C2CCN(C)CC2)c1. The maximum absolute atomic E-state index is 11.2. The van der Waals surface area contributed by atoms with Gasteiger partial charge in [-0.25, -0.2) is 0 Å². The summed E-state index contributed by atoms with van der Waals surface area (Å²) in [6.45, 7) is 8.26. The lowest BCUT2D eigenvalue weighted by Crippen LogP contribution is -2.37. The van der Waals surface area contributed by atoms with Crippen LogP contribution in [0, 0.1) is 12.8 Å². The van der Waals surface area contributed by atoms with Gasteiger partial charge < -0.3 is 15.5 Å². The largest absolute Gasteiger partial charge is 0.382 e. The number of rotatable bonds is 4. The standard InChI is InChI=1S/C17H27N3O/c1-12-5-6-16(19-14(3)21)11-17(12)18-13(2)15-7-9-20(4)10-8-15/h5-6,11,13,15,18H,7-10H2,1-4H3,(H,19,21). The summed E-state index contributed by atoms with van der Waals surface area (Å²) in [6.07, 6.45) is 2.49. The van der Waals surface area contributed by atoms with Crippen molar-refractivity contribution in [2.75, 3.05) is 30.8 Å². The number of anilines is 2. The van der Waals surface area contributed by atoms with E-state index in [9.17, 15) is 4.79 Å². The lowest BCUT2D eigenvalue weighted by molar-refractivity contribution is -0.114. The number of piperidine rings is 1. The molecule has 1 saturated heterocycles. The smallest absolute Gasteiger partial charge is 0.221 e. The first-order valence-corrected chi connectivity index (χ1v) is 7.79. The summed E-state index contributed by atoms with van der Waals surface area (Å²) in [7, 11) is 2.19. The number of carbonyl (C=O) groups excluding carboxylic acids is 1. The molecule has 4 nitrogen and oxygen atoms in total. The molecule has 1 aliphatic heterocycles. The van der Waals surface area contributed by atoms with Crippen LogP contribution in [0.4, 0.5) is 11.4 Å². The molecule has 0 saturated carbocycles. The second-order valence-corrected chi connectivity index (χ2v) is 6.28. The van der Waals surface area contributed by atoms with Crippen molar-refractivity contribution in [1.82, 2.24) is 4.90 Å². The predicted molar refractivity (Wildman–Crippen MR) is 88.8 cm³/mol. The molecule has 0 bridgehead atoms. The van der Waals surface area contributed by atoms with Crippen LogP contribution in [-0.2, 0) is 4.79 Å². The fourth-order valence-corrected chi connectivity index (χ4v) is 2.95. The van der Waals surface area contributed by atoms with Gasteiger partial charge in [-0.3, -0.25) is 4.79 Å². The zero-order valence-electron chi connectivity index (χ0n) is 13.6. The molecule has 116 valence electrons. The Labute approximate surface area is 127 Å². The third-order valence-electron chi connectivity index (χ3n) is 4.41. The Morgan fingerprint density at radius 1 is 1.33 bits per heavy atom. The number of amides is 1. The van der Waals surface area contributed by atoms with E-state index in [1.807, 2.05) is 12.1 Å². The molecule has 0 radical (unpaired) electrons. The van der Waals surface area contributed by atoms with E-state index in [0.717, 1.165) is 11.4 Å². The van der Waals surface area contributed by atoms with Crippen LogP contribution in [0.1, 0.15) is 32.3 Å². The molecule has 0 aromatic heterocycles. The van der Waals surface area contributed by atoms with Gasteiger partial charge in [-0.1, -0.05) is 6.07 Å². The van der Waals surface area contributed by atoms with E-state index in [2.05, 4.69) is 42.5 Å². The zero-order valence-corrected chi connectivity index (χ0v) is 13.6. The summed E-state index contributed by atoms with van der Waals surface area (Å²) in [5.74, 6) is 0.679. The van der Waals surface area contributed by atoms with Gasteiger partial charge in [-0.15, -0.1) is 0 Å². The van der Waals surface area contributed by atoms with Crippen LogP contribution < -0.4 is 10.6 Å². The highest BCUT2D eigenvalue weighted by molar-refractivity contribution is 5.89. The molecule has 1 atom stereocenters. The number of carbonyl (C=O) groups is 1. The first-order chi connectivity index (χ1) is 9.95. The Balaban J connectivity index is 2.02. The lowest BCUT2D eigenvalue weighted by atomic mass is 9.90. The molecule has 0 spiro atoms. The first kappa shape index (κ1) is 15.8. The topological polar surface area (TPSA) is 44.4 Å². The van der Waals surface area contributed by atoms with E-state index in [4.69, 9.17) is 0 Å². The molecule has 21 heavy (non-hydrogen) atoms. The monoisotopic (exact) mass is 289 g/mol. The van der Waals surface area contributed by atoms with Crippen LogP contribution in [0.25, 0.3) is 0 Å². The molecule has 1 amide bonds.